The summed E-state index contributed by atoms with van der Waals surface area (Å²) in [5.74, 6) is 0.564. The van der Waals surface area contributed by atoms with Crippen molar-refractivity contribution in [1.82, 2.24) is 4.90 Å². The maximum atomic E-state index is 11.9. The fourth-order valence-corrected chi connectivity index (χ4v) is 3.74. The number of halogens is 1. The van der Waals surface area contributed by atoms with Crippen LogP contribution in [-0.2, 0) is 10.0 Å². The number of sulfonamides is 1. The van der Waals surface area contributed by atoms with Crippen LogP contribution in [0.5, 0.6) is 0 Å². The summed E-state index contributed by atoms with van der Waals surface area (Å²) in [5, 5.41) is 1.01. The summed E-state index contributed by atoms with van der Waals surface area (Å²) >= 11 is 3.40. The first kappa shape index (κ1) is 14.5. The molecular weight excluding hydrogens is 328 g/mol. The van der Waals surface area contributed by atoms with Crippen molar-refractivity contribution in [3.05, 3.63) is 29.8 Å². The van der Waals surface area contributed by atoms with Gasteiger partial charge >= 0.3 is 0 Å². The van der Waals surface area contributed by atoms with Gasteiger partial charge in [0.15, 0.2) is 0 Å². The van der Waals surface area contributed by atoms with Crippen LogP contribution in [0.25, 0.3) is 0 Å². The molecule has 0 bridgehead atoms. The van der Waals surface area contributed by atoms with Crippen molar-refractivity contribution >= 4 is 31.8 Å². The van der Waals surface area contributed by atoms with Gasteiger partial charge in [-0.25, -0.2) is 0 Å². The average molecular weight is 345 g/mol. The van der Waals surface area contributed by atoms with Crippen LogP contribution in [-0.4, -0.2) is 38.1 Å². The van der Waals surface area contributed by atoms with E-state index in [0.29, 0.717) is 16.3 Å². The molecule has 19 heavy (non-hydrogen) atoms. The van der Waals surface area contributed by atoms with E-state index >= 15 is 0 Å². The zero-order valence-electron chi connectivity index (χ0n) is 10.8. The molecule has 1 aromatic carbocycles. The SMILES string of the molecule is CN(CCCCCBr)C1=NS(=O)(=O)c2ccccc21. The Kier molecular flexibility index (Phi) is 4.62. The highest BCUT2D eigenvalue weighted by Gasteiger charge is 2.29. The Hall–Kier alpha value is -0.880. The fourth-order valence-electron chi connectivity index (χ4n) is 2.09. The molecular formula is C13H17BrN2O2S. The minimum absolute atomic E-state index is 0.317. The lowest BCUT2D eigenvalue weighted by Crippen LogP contribution is -2.27. The zero-order valence-corrected chi connectivity index (χ0v) is 13.2. The third-order valence-electron chi connectivity index (χ3n) is 3.10. The monoisotopic (exact) mass is 344 g/mol. The number of unbranched alkanes of at least 4 members (excludes halogenated alkanes) is 2. The van der Waals surface area contributed by atoms with Crippen LogP contribution in [0.15, 0.2) is 33.6 Å². The minimum atomic E-state index is -3.50. The quantitative estimate of drug-likeness (QED) is 0.609. The van der Waals surface area contributed by atoms with Crippen molar-refractivity contribution in [2.24, 2.45) is 4.40 Å². The van der Waals surface area contributed by atoms with E-state index in [4.69, 9.17) is 0 Å². The fraction of sp³-hybridized carbons (Fsp3) is 0.462. The van der Waals surface area contributed by atoms with E-state index in [-0.39, 0.29) is 0 Å². The van der Waals surface area contributed by atoms with Gasteiger partial charge in [0.1, 0.15) is 10.7 Å². The topological polar surface area (TPSA) is 49.7 Å². The molecule has 0 unspecified atom stereocenters. The number of rotatable bonds is 5. The van der Waals surface area contributed by atoms with E-state index in [1.54, 1.807) is 12.1 Å². The summed E-state index contributed by atoms with van der Waals surface area (Å²) in [5.41, 5.74) is 0.713. The van der Waals surface area contributed by atoms with Crippen LogP contribution < -0.4 is 0 Å². The molecule has 0 aromatic heterocycles. The summed E-state index contributed by atoms with van der Waals surface area (Å²) in [6.07, 6.45) is 3.29. The van der Waals surface area contributed by atoms with Gasteiger partial charge in [0.2, 0.25) is 0 Å². The molecule has 0 atom stereocenters. The Bertz CT molecular complexity index is 584. The number of hydrogen-bond donors (Lipinski definition) is 0. The molecule has 1 aliphatic rings. The first-order valence-corrected chi connectivity index (χ1v) is 8.84. The molecule has 0 N–H and O–H groups in total. The van der Waals surface area contributed by atoms with Crippen LogP contribution in [0.4, 0.5) is 0 Å². The van der Waals surface area contributed by atoms with Gasteiger partial charge in [-0.15, -0.1) is 4.40 Å². The molecule has 1 aromatic rings. The number of hydrogen-bond acceptors (Lipinski definition) is 3. The van der Waals surface area contributed by atoms with Crippen molar-refractivity contribution in [2.75, 3.05) is 18.9 Å². The van der Waals surface area contributed by atoms with E-state index in [9.17, 15) is 8.42 Å². The first-order valence-electron chi connectivity index (χ1n) is 6.28. The number of benzene rings is 1. The Morgan fingerprint density at radius 3 is 2.68 bits per heavy atom. The zero-order chi connectivity index (χ0) is 13.9. The van der Waals surface area contributed by atoms with Gasteiger partial charge in [0, 0.05) is 24.5 Å². The third-order valence-corrected chi connectivity index (χ3v) is 4.99. The first-order chi connectivity index (χ1) is 9.06. The normalized spacial score (nSPS) is 16.0. The van der Waals surface area contributed by atoms with Gasteiger partial charge in [-0.3, -0.25) is 0 Å². The number of alkyl halides is 1. The highest BCUT2D eigenvalue weighted by atomic mass is 79.9. The van der Waals surface area contributed by atoms with Gasteiger partial charge in [0.25, 0.3) is 10.0 Å². The predicted octanol–water partition coefficient (Wildman–Crippen LogP) is 2.63. The molecule has 0 radical (unpaired) electrons. The Morgan fingerprint density at radius 1 is 1.21 bits per heavy atom. The standard InChI is InChI=1S/C13H17BrN2O2S/c1-16(10-6-2-5-9-14)13-11-7-3-4-8-12(11)19(17,18)15-13/h3-4,7-8H,2,5-6,9-10H2,1H3. The third kappa shape index (κ3) is 3.17. The van der Waals surface area contributed by atoms with Gasteiger partial charge in [-0.1, -0.05) is 34.5 Å². The largest absolute Gasteiger partial charge is 0.358 e. The van der Waals surface area contributed by atoms with Crippen LogP contribution in [0.3, 0.4) is 0 Å². The highest BCUT2D eigenvalue weighted by molar-refractivity contribution is 9.09. The minimum Gasteiger partial charge on any atom is -0.358 e. The van der Waals surface area contributed by atoms with Crippen molar-refractivity contribution in [3.8, 4) is 0 Å². The molecule has 0 saturated heterocycles. The van der Waals surface area contributed by atoms with Crippen molar-refractivity contribution in [1.29, 1.82) is 0 Å². The second kappa shape index (κ2) is 6.05. The van der Waals surface area contributed by atoms with E-state index in [0.717, 1.165) is 31.1 Å². The molecule has 0 fully saturated rings. The van der Waals surface area contributed by atoms with Gasteiger partial charge < -0.3 is 4.90 Å². The molecule has 1 aliphatic heterocycles. The average Bonchev–Trinajstić information content (AvgIpc) is 2.67. The van der Waals surface area contributed by atoms with Crippen LogP contribution in [0.2, 0.25) is 0 Å². The second-order valence-corrected chi connectivity index (χ2v) is 6.92. The summed E-state index contributed by atoms with van der Waals surface area (Å²) in [6, 6.07) is 6.99. The molecule has 4 nitrogen and oxygen atoms in total. The summed E-state index contributed by atoms with van der Waals surface area (Å²) in [7, 11) is -1.60. The molecule has 6 heteroatoms. The number of amidine groups is 1. The summed E-state index contributed by atoms with van der Waals surface area (Å²) < 4.78 is 27.7. The maximum absolute atomic E-state index is 11.9. The predicted molar refractivity (Wildman–Crippen MR) is 80.4 cm³/mol. The molecule has 0 saturated carbocycles. The summed E-state index contributed by atoms with van der Waals surface area (Å²) in [4.78, 5) is 2.25. The van der Waals surface area contributed by atoms with Gasteiger partial charge in [-0.2, -0.15) is 8.42 Å². The smallest absolute Gasteiger partial charge is 0.285 e. The van der Waals surface area contributed by atoms with E-state index in [2.05, 4.69) is 20.3 Å². The van der Waals surface area contributed by atoms with Gasteiger partial charge in [-0.05, 0) is 25.0 Å². The lowest BCUT2D eigenvalue weighted by atomic mass is 10.2. The second-order valence-electron chi connectivity index (χ2n) is 4.56. The van der Waals surface area contributed by atoms with E-state index in [1.807, 2.05) is 24.1 Å². The molecule has 1 heterocycles. The van der Waals surface area contributed by atoms with E-state index in [1.165, 1.54) is 0 Å². The van der Waals surface area contributed by atoms with Gasteiger partial charge in [0.05, 0.1) is 0 Å². The lowest BCUT2D eigenvalue weighted by Gasteiger charge is -2.18. The highest BCUT2D eigenvalue weighted by Crippen LogP contribution is 2.26. The molecule has 104 valence electrons. The van der Waals surface area contributed by atoms with Crippen molar-refractivity contribution in [3.63, 3.8) is 0 Å². The number of fused-ring (bicyclic) bond motifs is 1. The van der Waals surface area contributed by atoms with E-state index < -0.39 is 10.0 Å². The Labute approximate surface area is 122 Å². The lowest BCUT2D eigenvalue weighted by molar-refractivity contribution is 0.478. The Balaban J connectivity index is 2.13. The molecule has 0 spiro atoms. The van der Waals surface area contributed by atoms with Crippen LogP contribution in [0.1, 0.15) is 24.8 Å². The van der Waals surface area contributed by atoms with Crippen LogP contribution >= 0.6 is 15.9 Å². The number of nitrogens with zero attached hydrogens (tertiary/aromatic N) is 2. The maximum Gasteiger partial charge on any atom is 0.285 e. The van der Waals surface area contributed by atoms with Crippen molar-refractivity contribution in [2.45, 2.75) is 24.2 Å². The Morgan fingerprint density at radius 2 is 1.95 bits per heavy atom. The molecule has 0 amide bonds. The molecule has 0 aliphatic carbocycles. The van der Waals surface area contributed by atoms with Crippen LogP contribution in [0, 0.1) is 0 Å². The summed E-state index contributed by atoms with van der Waals surface area (Å²) in [6.45, 7) is 0.815. The van der Waals surface area contributed by atoms with Crippen molar-refractivity contribution < 1.29 is 8.42 Å². The molecule has 2 rings (SSSR count).